The number of nitrogens with zero attached hydrogens (tertiary/aromatic N) is 1. The number of carbonyl (C=O) groups excluding carboxylic acids is 2. The Morgan fingerprint density at radius 3 is 2.58 bits per heavy atom. The molecule has 1 N–H and O–H groups in total. The first-order valence-electron chi connectivity index (χ1n) is 10.8. The highest BCUT2D eigenvalue weighted by Crippen LogP contribution is 2.33. The molecule has 0 aromatic heterocycles. The van der Waals surface area contributed by atoms with Crippen molar-refractivity contribution in [3.63, 3.8) is 0 Å². The number of fused-ring (bicyclic) bond motifs is 1. The predicted molar refractivity (Wildman–Crippen MR) is 115 cm³/mol. The molecule has 0 aliphatic carbocycles. The van der Waals surface area contributed by atoms with Crippen molar-refractivity contribution in [2.75, 3.05) is 32.9 Å². The molecule has 2 aromatic rings. The summed E-state index contributed by atoms with van der Waals surface area (Å²) in [6.45, 7) is 3.01. The Balaban J connectivity index is 1.19. The summed E-state index contributed by atoms with van der Waals surface area (Å²) >= 11 is 0. The average molecular weight is 424 g/mol. The van der Waals surface area contributed by atoms with Gasteiger partial charge in [0, 0.05) is 31.1 Å². The zero-order chi connectivity index (χ0) is 21.5. The highest BCUT2D eigenvalue weighted by atomic mass is 16.6. The number of amides is 2. The van der Waals surface area contributed by atoms with Crippen LogP contribution in [0.3, 0.4) is 0 Å². The van der Waals surface area contributed by atoms with Gasteiger partial charge in [-0.15, -0.1) is 0 Å². The molecule has 2 amide bonds. The van der Waals surface area contributed by atoms with Gasteiger partial charge in [0.15, 0.2) is 11.5 Å². The lowest BCUT2D eigenvalue weighted by molar-refractivity contribution is -0.136. The Hall–Kier alpha value is -3.22. The van der Waals surface area contributed by atoms with Crippen LogP contribution in [0.4, 0.5) is 0 Å². The molecule has 2 aromatic carbocycles. The number of piperidine rings is 1. The zero-order valence-electron chi connectivity index (χ0n) is 17.5. The van der Waals surface area contributed by atoms with E-state index < -0.39 is 0 Å². The van der Waals surface area contributed by atoms with Gasteiger partial charge in [-0.3, -0.25) is 9.59 Å². The van der Waals surface area contributed by atoms with Gasteiger partial charge in [-0.25, -0.2) is 0 Å². The van der Waals surface area contributed by atoms with Crippen LogP contribution in [-0.4, -0.2) is 49.6 Å². The predicted octanol–water partition coefficient (Wildman–Crippen LogP) is 2.78. The summed E-state index contributed by atoms with van der Waals surface area (Å²) in [6, 6.07) is 15.2. The molecule has 31 heavy (non-hydrogen) atoms. The molecule has 2 aliphatic rings. The van der Waals surface area contributed by atoms with Gasteiger partial charge in [-0.05, 0) is 31.0 Å². The minimum absolute atomic E-state index is 0.0221. The third-order valence-electron chi connectivity index (χ3n) is 5.65. The minimum atomic E-state index is -0.0821. The molecular formula is C24H28N2O5. The van der Waals surface area contributed by atoms with Crippen molar-refractivity contribution >= 4 is 11.8 Å². The van der Waals surface area contributed by atoms with E-state index in [0.717, 1.165) is 17.1 Å². The lowest BCUT2D eigenvalue weighted by atomic mass is 9.95. The Bertz CT molecular complexity index is 894. The Kier molecular flexibility index (Phi) is 6.92. The van der Waals surface area contributed by atoms with Crippen LogP contribution in [0.15, 0.2) is 48.5 Å². The van der Waals surface area contributed by atoms with Crippen molar-refractivity contribution < 1.29 is 23.8 Å². The molecule has 2 aliphatic heterocycles. The molecule has 0 bridgehead atoms. The number of hydrogen-bond donors (Lipinski definition) is 1. The van der Waals surface area contributed by atoms with E-state index in [1.54, 1.807) is 0 Å². The van der Waals surface area contributed by atoms with Crippen molar-refractivity contribution in [3.05, 3.63) is 54.1 Å². The molecule has 1 fully saturated rings. The van der Waals surface area contributed by atoms with Gasteiger partial charge in [0.25, 0.3) is 0 Å². The molecule has 0 saturated carbocycles. The number of benzene rings is 2. The molecule has 4 rings (SSSR count). The summed E-state index contributed by atoms with van der Waals surface area (Å²) in [7, 11) is 0. The number of ether oxygens (including phenoxy) is 3. The van der Waals surface area contributed by atoms with Gasteiger partial charge in [0.2, 0.25) is 11.8 Å². The standard InChI is InChI=1S/C24H28N2O5/c27-22(11-14-29-20-6-2-1-3-7-20)26-12-9-18(10-13-26)24(28)25-17-19-5-4-8-21-23(19)31-16-15-30-21/h1-8,18H,9-17H2,(H,25,28). The zero-order valence-corrected chi connectivity index (χ0v) is 17.5. The molecule has 1 saturated heterocycles. The molecule has 0 unspecified atom stereocenters. The fourth-order valence-electron chi connectivity index (χ4n) is 3.92. The highest BCUT2D eigenvalue weighted by molar-refractivity contribution is 5.80. The molecule has 7 heteroatoms. The van der Waals surface area contributed by atoms with Crippen LogP contribution in [0.1, 0.15) is 24.8 Å². The number of para-hydroxylation sites is 2. The van der Waals surface area contributed by atoms with Gasteiger partial charge in [0.1, 0.15) is 19.0 Å². The molecule has 7 nitrogen and oxygen atoms in total. The second-order valence-corrected chi connectivity index (χ2v) is 7.73. The third kappa shape index (κ3) is 5.48. The first-order chi connectivity index (χ1) is 15.2. The molecular weight excluding hydrogens is 396 g/mol. The summed E-state index contributed by atoms with van der Waals surface area (Å²) in [5.74, 6) is 2.22. The second kappa shape index (κ2) is 10.2. The summed E-state index contributed by atoms with van der Waals surface area (Å²) in [4.78, 5) is 26.9. The Morgan fingerprint density at radius 1 is 1.00 bits per heavy atom. The van der Waals surface area contributed by atoms with Gasteiger partial charge >= 0.3 is 0 Å². The largest absolute Gasteiger partial charge is 0.493 e. The molecule has 2 heterocycles. The fourth-order valence-corrected chi connectivity index (χ4v) is 3.92. The normalized spacial score (nSPS) is 15.9. The van der Waals surface area contributed by atoms with Crippen molar-refractivity contribution in [1.29, 1.82) is 0 Å². The van der Waals surface area contributed by atoms with Crippen LogP contribution in [0.25, 0.3) is 0 Å². The van der Waals surface area contributed by atoms with Gasteiger partial charge in [0.05, 0.1) is 13.0 Å². The molecule has 0 spiro atoms. The summed E-state index contributed by atoms with van der Waals surface area (Å²) in [5, 5.41) is 3.02. The number of nitrogens with one attached hydrogen (secondary N) is 1. The van der Waals surface area contributed by atoms with Crippen LogP contribution in [0.5, 0.6) is 17.2 Å². The maximum Gasteiger partial charge on any atom is 0.225 e. The maximum atomic E-state index is 12.6. The van der Waals surface area contributed by atoms with Gasteiger partial charge in [-0.1, -0.05) is 30.3 Å². The minimum Gasteiger partial charge on any atom is -0.493 e. The summed E-state index contributed by atoms with van der Waals surface area (Å²) in [5.41, 5.74) is 0.913. The van der Waals surface area contributed by atoms with Crippen LogP contribution in [0, 0.1) is 5.92 Å². The first-order valence-corrected chi connectivity index (χ1v) is 10.8. The van der Waals surface area contributed by atoms with E-state index in [1.807, 2.05) is 53.4 Å². The van der Waals surface area contributed by atoms with Crippen molar-refractivity contribution in [3.8, 4) is 17.2 Å². The van der Waals surface area contributed by atoms with E-state index >= 15 is 0 Å². The quantitative estimate of drug-likeness (QED) is 0.740. The molecule has 0 atom stereocenters. The average Bonchev–Trinajstić information content (AvgIpc) is 2.83. The molecule has 164 valence electrons. The smallest absolute Gasteiger partial charge is 0.225 e. The van der Waals surface area contributed by atoms with Crippen LogP contribution < -0.4 is 19.5 Å². The van der Waals surface area contributed by atoms with Gasteiger partial charge < -0.3 is 24.4 Å². The van der Waals surface area contributed by atoms with E-state index in [-0.39, 0.29) is 17.7 Å². The second-order valence-electron chi connectivity index (χ2n) is 7.73. The van der Waals surface area contributed by atoms with E-state index in [0.29, 0.717) is 64.5 Å². The molecule has 0 radical (unpaired) electrons. The Morgan fingerprint density at radius 2 is 1.77 bits per heavy atom. The number of rotatable bonds is 7. The van der Waals surface area contributed by atoms with Crippen LogP contribution >= 0.6 is 0 Å². The summed E-state index contributed by atoms with van der Waals surface area (Å²) < 4.78 is 16.9. The summed E-state index contributed by atoms with van der Waals surface area (Å²) in [6.07, 6.45) is 1.68. The van der Waals surface area contributed by atoms with Crippen LogP contribution in [0.2, 0.25) is 0 Å². The van der Waals surface area contributed by atoms with Crippen molar-refractivity contribution in [2.45, 2.75) is 25.8 Å². The van der Waals surface area contributed by atoms with E-state index in [2.05, 4.69) is 5.32 Å². The first kappa shape index (κ1) is 21.0. The number of hydrogen-bond acceptors (Lipinski definition) is 5. The van der Waals surface area contributed by atoms with E-state index in [9.17, 15) is 9.59 Å². The van der Waals surface area contributed by atoms with Gasteiger partial charge in [-0.2, -0.15) is 0 Å². The van der Waals surface area contributed by atoms with Crippen molar-refractivity contribution in [2.24, 2.45) is 5.92 Å². The van der Waals surface area contributed by atoms with E-state index in [1.165, 1.54) is 0 Å². The SMILES string of the molecule is O=C(NCc1cccc2c1OCCO2)C1CCN(C(=O)CCOc2ccccc2)CC1. The number of carbonyl (C=O) groups is 2. The topological polar surface area (TPSA) is 77.1 Å². The number of likely N-dealkylation sites (tertiary alicyclic amines) is 1. The monoisotopic (exact) mass is 424 g/mol. The maximum absolute atomic E-state index is 12.6. The third-order valence-corrected chi connectivity index (χ3v) is 5.65. The van der Waals surface area contributed by atoms with E-state index in [4.69, 9.17) is 14.2 Å². The Labute approximate surface area is 182 Å². The van der Waals surface area contributed by atoms with Crippen LogP contribution in [-0.2, 0) is 16.1 Å². The lowest BCUT2D eigenvalue weighted by Gasteiger charge is -2.31. The fraction of sp³-hybridized carbons (Fsp3) is 0.417. The highest BCUT2D eigenvalue weighted by Gasteiger charge is 2.27. The van der Waals surface area contributed by atoms with Crippen molar-refractivity contribution in [1.82, 2.24) is 10.2 Å². The lowest BCUT2D eigenvalue weighted by Crippen LogP contribution is -2.43.